The van der Waals surface area contributed by atoms with Gasteiger partial charge in [-0.25, -0.2) is 8.42 Å². The summed E-state index contributed by atoms with van der Waals surface area (Å²) in [5.41, 5.74) is 0.837. The molecule has 154 valence electrons. The molecule has 0 bridgehead atoms. The van der Waals surface area contributed by atoms with Crippen LogP contribution in [0.3, 0.4) is 0 Å². The molecule has 0 aliphatic carbocycles. The molecular formula is C19H21N3O6S. The molecule has 2 aromatic carbocycles. The topological polar surface area (TPSA) is 119 Å². The lowest BCUT2D eigenvalue weighted by Gasteiger charge is -2.26. The van der Waals surface area contributed by atoms with Gasteiger partial charge in [-0.05, 0) is 36.8 Å². The zero-order chi connectivity index (χ0) is 21.0. The van der Waals surface area contributed by atoms with E-state index in [1.807, 2.05) is 0 Å². The van der Waals surface area contributed by atoms with Gasteiger partial charge in [0.15, 0.2) is 0 Å². The van der Waals surface area contributed by atoms with E-state index in [0.29, 0.717) is 37.4 Å². The lowest BCUT2D eigenvalue weighted by Crippen LogP contribution is -2.40. The molecule has 0 saturated carbocycles. The lowest BCUT2D eigenvalue weighted by molar-refractivity contribution is -0.384. The number of rotatable bonds is 6. The zero-order valence-electron chi connectivity index (χ0n) is 15.8. The van der Waals surface area contributed by atoms with Gasteiger partial charge in [-0.1, -0.05) is 12.1 Å². The summed E-state index contributed by atoms with van der Waals surface area (Å²) in [6, 6.07) is 11.3. The summed E-state index contributed by atoms with van der Waals surface area (Å²) < 4.78 is 31.8. The first kappa shape index (κ1) is 20.9. The summed E-state index contributed by atoms with van der Waals surface area (Å²) in [5, 5.41) is 13.7. The van der Waals surface area contributed by atoms with E-state index in [1.165, 1.54) is 40.7 Å². The number of hydrogen-bond donors (Lipinski definition) is 1. The molecule has 1 heterocycles. The summed E-state index contributed by atoms with van der Waals surface area (Å²) in [5.74, 6) is -0.403. The summed E-state index contributed by atoms with van der Waals surface area (Å²) in [7, 11) is -3.63. The van der Waals surface area contributed by atoms with Crippen LogP contribution in [0, 0.1) is 10.1 Å². The molecule has 1 atom stereocenters. The maximum Gasteiger partial charge on any atom is 0.269 e. The van der Waals surface area contributed by atoms with Gasteiger partial charge in [-0.15, -0.1) is 0 Å². The normalized spacial score (nSPS) is 16.2. The molecule has 0 spiro atoms. The first-order valence-corrected chi connectivity index (χ1v) is 10.5. The van der Waals surface area contributed by atoms with Crippen molar-refractivity contribution in [3.63, 3.8) is 0 Å². The number of nitrogens with zero attached hydrogens (tertiary/aromatic N) is 2. The van der Waals surface area contributed by atoms with Crippen molar-refractivity contribution in [1.82, 2.24) is 9.62 Å². The SMILES string of the molecule is CC(NC(=O)c1ccc(S(=O)(=O)N2CCOCC2)cc1)c1cccc([N+](=O)[O-])c1. The van der Waals surface area contributed by atoms with E-state index >= 15 is 0 Å². The molecule has 1 unspecified atom stereocenters. The monoisotopic (exact) mass is 419 g/mol. The molecule has 10 heteroatoms. The highest BCUT2D eigenvalue weighted by molar-refractivity contribution is 7.89. The Morgan fingerprint density at radius 3 is 2.45 bits per heavy atom. The molecule has 0 radical (unpaired) electrons. The van der Waals surface area contributed by atoms with Crippen LogP contribution in [-0.4, -0.2) is 49.9 Å². The van der Waals surface area contributed by atoms with Crippen molar-refractivity contribution in [2.75, 3.05) is 26.3 Å². The van der Waals surface area contributed by atoms with Gasteiger partial charge in [0, 0.05) is 30.8 Å². The minimum absolute atomic E-state index is 0.0544. The smallest absolute Gasteiger partial charge is 0.269 e. The number of benzene rings is 2. The molecule has 1 fully saturated rings. The summed E-state index contributed by atoms with van der Waals surface area (Å²) in [6.45, 7) is 3.02. The number of morpholine rings is 1. The van der Waals surface area contributed by atoms with E-state index in [4.69, 9.17) is 4.74 Å². The van der Waals surface area contributed by atoms with E-state index in [9.17, 15) is 23.3 Å². The van der Waals surface area contributed by atoms with Crippen molar-refractivity contribution in [2.45, 2.75) is 17.9 Å². The minimum atomic E-state index is -3.63. The summed E-state index contributed by atoms with van der Waals surface area (Å²) in [6.07, 6.45) is 0. The first-order valence-electron chi connectivity index (χ1n) is 9.02. The first-order chi connectivity index (χ1) is 13.8. The third kappa shape index (κ3) is 4.78. The van der Waals surface area contributed by atoms with Gasteiger partial charge in [0.05, 0.1) is 29.1 Å². The van der Waals surface area contributed by atoms with Crippen LogP contribution in [0.15, 0.2) is 53.4 Å². The number of sulfonamides is 1. The number of ether oxygens (including phenoxy) is 1. The quantitative estimate of drug-likeness (QED) is 0.566. The minimum Gasteiger partial charge on any atom is -0.379 e. The van der Waals surface area contributed by atoms with E-state index in [2.05, 4.69) is 5.32 Å². The number of nitro groups is 1. The average Bonchev–Trinajstić information content (AvgIpc) is 2.74. The van der Waals surface area contributed by atoms with Crippen molar-refractivity contribution in [3.05, 3.63) is 69.8 Å². The molecule has 3 rings (SSSR count). The zero-order valence-corrected chi connectivity index (χ0v) is 16.6. The second-order valence-electron chi connectivity index (χ2n) is 6.59. The Labute approximate surface area is 168 Å². The molecule has 2 aromatic rings. The number of nitro benzene ring substituents is 1. The van der Waals surface area contributed by atoms with Gasteiger partial charge in [0.1, 0.15) is 0 Å². The fourth-order valence-electron chi connectivity index (χ4n) is 2.99. The Morgan fingerprint density at radius 2 is 1.83 bits per heavy atom. The second-order valence-corrected chi connectivity index (χ2v) is 8.53. The van der Waals surface area contributed by atoms with Crippen molar-refractivity contribution < 1.29 is 22.9 Å². The van der Waals surface area contributed by atoms with Crippen LogP contribution >= 0.6 is 0 Å². The Balaban J connectivity index is 1.70. The highest BCUT2D eigenvalue weighted by atomic mass is 32.2. The number of hydrogen-bond acceptors (Lipinski definition) is 6. The highest BCUT2D eigenvalue weighted by Gasteiger charge is 2.26. The molecular weight excluding hydrogens is 398 g/mol. The largest absolute Gasteiger partial charge is 0.379 e. The third-order valence-corrected chi connectivity index (χ3v) is 6.57. The van der Waals surface area contributed by atoms with Gasteiger partial charge in [0.25, 0.3) is 11.6 Å². The number of carbonyl (C=O) groups is 1. The molecule has 29 heavy (non-hydrogen) atoms. The van der Waals surface area contributed by atoms with Crippen LogP contribution in [-0.2, 0) is 14.8 Å². The molecule has 1 aliphatic heterocycles. The number of amides is 1. The Bertz CT molecular complexity index is 1000. The molecule has 0 aromatic heterocycles. The van der Waals surface area contributed by atoms with Gasteiger partial charge in [-0.2, -0.15) is 4.31 Å². The van der Waals surface area contributed by atoms with Crippen LogP contribution in [0.25, 0.3) is 0 Å². The van der Waals surface area contributed by atoms with Crippen molar-refractivity contribution >= 4 is 21.6 Å². The average molecular weight is 419 g/mol. The van der Waals surface area contributed by atoms with E-state index < -0.39 is 26.9 Å². The van der Waals surface area contributed by atoms with E-state index in [0.717, 1.165) is 0 Å². The van der Waals surface area contributed by atoms with Crippen LogP contribution < -0.4 is 5.32 Å². The Kier molecular flexibility index (Phi) is 6.26. The molecule has 1 saturated heterocycles. The van der Waals surface area contributed by atoms with Crippen LogP contribution in [0.4, 0.5) is 5.69 Å². The second kappa shape index (κ2) is 8.68. The highest BCUT2D eigenvalue weighted by Crippen LogP contribution is 2.21. The van der Waals surface area contributed by atoms with Crippen molar-refractivity contribution in [1.29, 1.82) is 0 Å². The predicted molar refractivity (Wildman–Crippen MR) is 105 cm³/mol. The van der Waals surface area contributed by atoms with Gasteiger partial charge >= 0.3 is 0 Å². The third-order valence-electron chi connectivity index (χ3n) is 4.65. The van der Waals surface area contributed by atoms with E-state index in [1.54, 1.807) is 19.1 Å². The van der Waals surface area contributed by atoms with Gasteiger partial charge in [0.2, 0.25) is 10.0 Å². The predicted octanol–water partition coefficient (Wildman–Crippen LogP) is 2.11. The number of non-ortho nitro benzene ring substituents is 1. The summed E-state index contributed by atoms with van der Waals surface area (Å²) in [4.78, 5) is 23.0. The number of carbonyl (C=O) groups excluding carboxylic acids is 1. The van der Waals surface area contributed by atoms with Crippen molar-refractivity contribution in [3.8, 4) is 0 Å². The fraction of sp³-hybridized carbons (Fsp3) is 0.316. The maximum absolute atomic E-state index is 12.6. The van der Waals surface area contributed by atoms with E-state index in [-0.39, 0.29) is 10.6 Å². The van der Waals surface area contributed by atoms with Gasteiger partial charge in [-0.3, -0.25) is 14.9 Å². The van der Waals surface area contributed by atoms with Crippen molar-refractivity contribution in [2.24, 2.45) is 0 Å². The lowest BCUT2D eigenvalue weighted by atomic mass is 10.1. The Hall–Kier alpha value is -2.82. The van der Waals surface area contributed by atoms with Gasteiger partial charge < -0.3 is 10.1 Å². The molecule has 1 N–H and O–H groups in total. The molecule has 1 aliphatic rings. The Morgan fingerprint density at radius 1 is 1.17 bits per heavy atom. The molecule has 1 amide bonds. The molecule has 9 nitrogen and oxygen atoms in total. The number of nitrogens with one attached hydrogen (secondary N) is 1. The standard InChI is InChI=1S/C19H21N3O6S/c1-14(16-3-2-4-17(13-16)22(24)25)20-19(23)15-5-7-18(8-6-15)29(26,27)21-9-11-28-12-10-21/h2-8,13-14H,9-12H2,1H3,(H,20,23). The van der Waals surface area contributed by atoms with Crippen LogP contribution in [0.5, 0.6) is 0 Å². The van der Waals surface area contributed by atoms with Crippen LogP contribution in [0.1, 0.15) is 28.9 Å². The maximum atomic E-state index is 12.6. The fourth-order valence-corrected chi connectivity index (χ4v) is 4.39. The van der Waals surface area contributed by atoms with Crippen LogP contribution in [0.2, 0.25) is 0 Å². The summed E-state index contributed by atoms with van der Waals surface area (Å²) >= 11 is 0.